The first-order valence-electron chi connectivity index (χ1n) is 11.4. The van der Waals surface area contributed by atoms with E-state index < -0.39 is 17.7 Å². The first kappa shape index (κ1) is 23.5. The summed E-state index contributed by atoms with van der Waals surface area (Å²) in [5.41, 5.74) is 1.33. The third-order valence-corrected chi connectivity index (χ3v) is 6.57. The minimum absolute atomic E-state index is 0.0972. The highest BCUT2D eigenvalue weighted by Crippen LogP contribution is 2.40. The molecule has 2 aromatic rings. The third kappa shape index (κ3) is 5.14. The van der Waals surface area contributed by atoms with Crippen LogP contribution < -0.4 is 4.74 Å². The Morgan fingerprint density at radius 2 is 1.88 bits per heavy atom. The van der Waals surface area contributed by atoms with Crippen LogP contribution >= 0.6 is 15.9 Å². The van der Waals surface area contributed by atoms with Gasteiger partial charge < -0.3 is 19.5 Å². The van der Waals surface area contributed by atoms with Gasteiger partial charge in [-0.3, -0.25) is 9.59 Å². The highest BCUT2D eigenvalue weighted by molar-refractivity contribution is 9.10. The monoisotopic (exact) mass is 513 g/mol. The molecule has 7 heteroatoms. The molecule has 2 atom stereocenters. The number of benzene rings is 2. The van der Waals surface area contributed by atoms with E-state index in [0.29, 0.717) is 25.3 Å². The molecule has 33 heavy (non-hydrogen) atoms. The third-order valence-electron chi connectivity index (χ3n) is 6.04. The Labute approximate surface area is 202 Å². The molecule has 2 aliphatic rings. The average Bonchev–Trinajstić information content (AvgIpc) is 3.42. The predicted molar refractivity (Wildman–Crippen MR) is 129 cm³/mol. The Morgan fingerprint density at radius 3 is 2.52 bits per heavy atom. The molecule has 2 aliphatic heterocycles. The summed E-state index contributed by atoms with van der Waals surface area (Å²) >= 11 is 3.38. The van der Waals surface area contributed by atoms with Crippen LogP contribution in [0.1, 0.15) is 49.8 Å². The average molecular weight is 514 g/mol. The maximum Gasteiger partial charge on any atom is 0.295 e. The van der Waals surface area contributed by atoms with Crippen molar-refractivity contribution in [2.75, 3.05) is 19.8 Å². The number of hydrogen-bond donors (Lipinski definition) is 1. The molecule has 2 aromatic carbocycles. The molecule has 1 amide bonds. The first-order chi connectivity index (χ1) is 16.0. The van der Waals surface area contributed by atoms with E-state index in [0.717, 1.165) is 41.5 Å². The lowest BCUT2D eigenvalue weighted by Gasteiger charge is -2.27. The van der Waals surface area contributed by atoms with E-state index in [1.165, 1.54) is 4.90 Å². The van der Waals surface area contributed by atoms with Crippen LogP contribution in [-0.4, -0.2) is 47.6 Å². The fourth-order valence-corrected chi connectivity index (χ4v) is 4.53. The Hall–Kier alpha value is -2.64. The zero-order chi connectivity index (χ0) is 23.4. The summed E-state index contributed by atoms with van der Waals surface area (Å²) in [5, 5.41) is 11.1. The van der Waals surface area contributed by atoms with Gasteiger partial charge in [-0.1, -0.05) is 53.5 Å². The van der Waals surface area contributed by atoms with Gasteiger partial charge in [0.1, 0.15) is 11.5 Å². The molecule has 0 spiro atoms. The molecule has 1 N–H and O–H groups in total. The van der Waals surface area contributed by atoms with Crippen LogP contribution in [0.4, 0.5) is 0 Å². The summed E-state index contributed by atoms with van der Waals surface area (Å²) in [4.78, 5) is 27.7. The Balaban J connectivity index is 1.72. The van der Waals surface area contributed by atoms with Gasteiger partial charge in [-0.2, -0.15) is 0 Å². The van der Waals surface area contributed by atoms with Crippen molar-refractivity contribution >= 4 is 33.4 Å². The van der Waals surface area contributed by atoms with Gasteiger partial charge in [0.25, 0.3) is 11.7 Å². The van der Waals surface area contributed by atoms with Crippen LogP contribution in [0.5, 0.6) is 5.75 Å². The van der Waals surface area contributed by atoms with Crippen molar-refractivity contribution in [2.45, 2.75) is 44.8 Å². The van der Waals surface area contributed by atoms with Gasteiger partial charge in [0.2, 0.25) is 0 Å². The number of amides is 1. The molecule has 0 aromatic heterocycles. The summed E-state index contributed by atoms with van der Waals surface area (Å²) in [6.45, 7) is 3.70. The molecule has 174 valence electrons. The zero-order valence-electron chi connectivity index (χ0n) is 18.6. The molecular formula is C26H28BrNO5. The van der Waals surface area contributed by atoms with Gasteiger partial charge >= 0.3 is 0 Å². The minimum atomic E-state index is -0.692. The number of carbonyl (C=O) groups is 2. The number of halogens is 1. The summed E-state index contributed by atoms with van der Waals surface area (Å²) in [6.07, 6.45) is 3.67. The van der Waals surface area contributed by atoms with Crippen LogP contribution in [0, 0.1) is 0 Å². The number of nitrogens with zero attached hydrogens (tertiary/aromatic N) is 1. The van der Waals surface area contributed by atoms with Gasteiger partial charge in [-0.25, -0.2) is 0 Å². The number of aliphatic hydroxyl groups excluding tert-OH is 1. The lowest BCUT2D eigenvalue weighted by Crippen LogP contribution is -2.36. The van der Waals surface area contributed by atoms with Crippen molar-refractivity contribution in [1.82, 2.24) is 4.90 Å². The summed E-state index contributed by atoms with van der Waals surface area (Å²) < 4.78 is 12.4. The number of ether oxygens (including phenoxy) is 2. The van der Waals surface area contributed by atoms with Gasteiger partial charge in [-0.05, 0) is 49.1 Å². The number of rotatable bonds is 8. The normalized spacial score (nSPS) is 22.2. The zero-order valence-corrected chi connectivity index (χ0v) is 20.2. The van der Waals surface area contributed by atoms with Crippen LogP contribution in [0.2, 0.25) is 0 Å². The van der Waals surface area contributed by atoms with E-state index in [2.05, 4.69) is 22.9 Å². The van der Waals surface area contributed by atoms with E-state index in [-0.39, 0.29) is 17.4 Å². The molecule has 0 radical (unpaired) electrons. The van der Waals surface area contributed by atoms with Gasteiger partial charge in [0.15, 0.2) is 0 Å². The van der Waals surface area contributed by atoms with E-state index in [4.69, 9.17) is 9.47 Å². The van der Waals surface area contributed by atoms with E-state index in [1.54, 1.807) is 24.3 Å². The molecule has 2 unspecified atom stereocenters. The first-order valence-corrected chi connectivity index (χ1v) is 12.2. The molecule has 0 bridgehead atoms. The second-order valence-corrected chi connectivity index (χ2v) is 9.28. The van der Waals surface area contributed by atoms with Crippen LogP contribution in [0.3, 0.4) is 0 Å². The number of hydrogen-bond acceptors (Lipinski definition) is 5. The minimum Gasteiger partial charge on any atom is -0.507 e. The Bertz CT molecular complexity index is 1030. The molecular weight excluding hydrogens is 486 g/mol. The number of ketones is 1. The molecule has 2 fully saturated rings. The van der Waals surface area contributed by atoms with Crippen molar-refractivity contribution in [3.63, 3.8) is 0 Å². The molecule has 0 aliphatic carbocycles. The van der Waals surface area contributed by atoms with Crippen molar-refractivity contribution < 1.29 is 24.2 Å². The molecule has 2 heterocycles. The number of likely N-dealkylation sites (tertiary alicyclic amines) is 1. The number of Topliss-reactive ketones (excluding diaryl/α,β-unsaturated/α-hetero) is 1. The van der Waals surface area contributed by atoms with Gasteiger partial charge in [0, 0.05) is 23.2 Å². The quantitative estimate of drug-likeness (QED) is 0.226. The lowest BCUT2D eigenvalue weighted by molar-refractivity contribution is -0.140. The molecule has 4 rings (SSSR count). The SMILES string of the molecule is CCCCOc1ccc(C2/C(=C(/O)c3ccc(Br)cc3)C(=O)C(=O)N2CC2CCCO2)cc1. The second-order valence-electron chi connectivity index (χ2n) is 8.36. The van der Waals surface area contributed by atoms with Gasteiger partial charge in [-0.15, -0.1) is 0 Å². The fraction of sp³-hybridized carbons (Fsp3) is 0.385. The van der Waals surface area contributed by atoms with Crippen molar-refractivity contribution in [3.8, 4) is 5.75 Å². The van der Waals surface area contributed by atoms with Crippen molar-refractivity contribution in [2.24, 2.45) is 0 Å². The second kappa shape index (κ2) is 10.5. The summed E-state index contributed by atoms with van der Waals surface area (Å²) in [7, 11) is 0. The molecule has 2 saturated heterocycles. The topological polar surface area (TPSA) is 76.1 Å². The number of unbranched alkanes of at least 4 members (excludes halogenated alkanes) is 1. The summed E-state index contributed by atoms with van der Waals surface area (Å²) in [6, 6.07) is 13.7. The molecule has 6 nitrogen and oxygen atoms in total. The largest absolute Gasteiger partial charge is 0.507 e. The van der Waals surface area contributed by atoms with E-state index in [1.807, 2.05) is 24.3 Å². The Morgan fingerprint density at radius 1 is 1.15 bits per heavy atom. The lowest BCUT2D eigenvalue weighted by atomic mass is 9.95. The van der Waals surface area contributed by atoms with E-state index in [9.17, 15) is 14.7 Å². The number of carbonyl (C=O) groups excluding carboxylic acids is 2. The highest BCUT2D eigenvalue weighted by Gasteiger charge is 2.47. The van der Waals surface area contributed by atoms with Crippen LogP contribution in [0.25, 0.3) is 5.76 Å². The predicted octanol–water partition coefficient (Wildman–Crippen LogP) is 5.23. The smallest absolute Gasteiger partial charge is 0.295 e. The van der Waals surface area contributed by atoms with Crippen LogP contribution in [-0.2, 0) is 14.3 Å². The number of aliphatic hydroxyl groups is 1. The van der Waals surface area contributed by atoms with E-state index >= 15 is 0 Å². The standard InChI is InChI=1S/C26H28BrNO5/c1-2-3-14-32-20-12-8-17(9-13-20)23-22(24(29)18-6-10-19(27)11-7-18)25(30)26(31)28(23)16-21-5-4-15-33-21/h6-13,21,23,29H,2-5,14-16H2,1H3/b24-22-. The maximum atomic E-state index is 13.1. The van der Waals surface area contributed by atoms with Crippen molar-refractivity contribution in [1.29, 1.82) is 0 Å². The van der Waals surface area contributed by atoms with Gasteiger partial charge in [0.05, 0.1) is 24.3 Å². The molecule has 0 saturated carbocycles. The Kier molecular flexibility index (Phi) is 7.50. The summed E-state index contributed by atoms with van der Waals surface area (Å²) in [5.74, 6) is -0.737. The maximum absolute atomic E-state index is 13.1. The fourth-order valence-electron chi connectivity index (χ4n) is 4.27. The highest BCUT2D eigenvalue weighted by atomic mass is 79.9. The van der Waals surface area contributed by atoms with Crippen LogP contribution in [0.15, 0.2) is 58.6 Å². The van der Waals surface area contributed by atoms with Crippen molar-refractivity contribution in [3.05, 3.63) is 69.7 Å².